The fourth-order valence-corrected chi connectivity index (χ4v) is 3.74. The van der Waals surface area contributed by atoms with Gasteiger partial charge in [-0.15, -0.1) is 0 Å². The van der Waals surface area contributed by atoms with Crippen LogP contribution in [0.4, 0.5) is 0 Å². The van der Waals surface area contributed by atoms with Gasteiger partial charge >= 0.3 is 0 Å². The maximum atomic E-state index is 12.4. The second-order valence-electron chi connectivity index (χ2n) is 6.94. The molecule has 3 atom stereocenters. The molecule has 0 saturated carbocycles. The SMILES string of the molecule is C[C@@H]1CO[C@@H](c2ccccc2)[C@@H](C)N1Cc1cc(=O)n2ccccc2n1. The third kappa shape index (κ3) is 3.16. The van der Waals surface area contributed by atoms with Crippen molar-refractivity contribution in [2.75, 3.05) is 6.61 Å². The van der Waals surface area contributed by atoms with Crippen molar-refractivity contribution in [2.24, 2.45) is 0 Å². The van der Waals surface area contributed by atoms with Crippen LogP contribution in [0.3, 0.4) is 0 Å². The number of ether oxygens (including phenoxy) is 1. The predicted molar refractivity (Wildman–Crippen MR) is 101 cm³/mol. The Balaban J connectivity index is 1.63. The molecule has 5 nitrogen and oxygen atoms in total. The summed E-state index contributed by atoms with van der Waals surface area (Å²) in [7, 11) is 0. The fraction of sp³-hybridized carbons (Fsp3) is 0.333. The van der Waals surface area contributed by atoms with E-state index in [9.17, 15) is 4.79 Å². The van der Waals surface area contributed by atoms with E-state index in [0.717, 1.165) is 5.69 Å². The van der Waals surface area contributed by atoms with Gasteiger partial charge in [0.05, 0.1) is 18.4 Å². The Hall–Kier alpha value is -2.50. The fourth-order valence-electron chi connectivity index (χ4n) is 3.74. The molecule has 0 radical (unpaired) electrons. The Morgan fingerprint density at radius 2 is 1.88 bits per heavy atom. The van der Waals surface area contributed by atoms with Gasteiger partial charge < -0.3 is 4.74 Å². The standard InChI is InChI=1S/C21H23N3O2/c1-15-14-26-21(17-8-4-3-5-9-17)16(2)24(15)13-18-12-20(25)23-11-7-6-10-19(23)22-18/h3-12,15-16,21H,13-14H2,1-2H3/t15-,16-,21-/m1/s1. The zero-order valence-electron chi connectivity index (χ0n) is 15.1. The van der Waals surface area contributed by atoms with Crippen molar-refractivity contribution in [1.82, 2.24) is 14.3 Å². The lowest BCUT2D eigenvalue weighted by Crippen LogP contribution is -2.50. The third-order valence-electron chi connectivity index (χ3n) is 5.14. The van der Waals surface area contributed by atoms with Crippen LogP contribution in [0.2, 0.25) is 0 Å². The lowest BCUT2D eigenvalue weighted by molar-refractivity contribution is -0.0996. The summed E-state index contributed by atoms with van der Waals surface area (Å²) in [5, 5.41) is 0. The second kappa shape index (κ2) is 7.02. The summed E-state index contributed by atoms with van der Waals surface area (Å²) >= 11 is 0. The molecule has 0 N–H and O–H groups in total. The normalized spacial score (nSPS) is 24.0. The molecule has 1 aliphatic rings. The molecule has 0 bridgehead atoms. The highest BCUT2D eigenvalue weighted by Crippen LogP contribution is 2.31. The Kier molecular flexibility index (Phi) is 4.57. The average Bonchev–Trinajstić information content (AvgIpc) is 2.66. The van der Waals surface area contributed by atoms with Crippen molar-refractivity contribution in [1.29, 1.82) is 0 Å². The molecule has 26 heavy (non-hydrogen) atoms. The summed E-state index contributed by atoms with van der Waals surface area (Å²) in [5.74, 6) is 0. The Labute approximate surface area is 152 Å². The van der Waals surface area contributed by atoms with E-state index in [4.69, 9.17) is 4.74 Å². The van der Waals surface area contributed by atoms with Crippen LogP contribution in [-0.4, -0.2) is 33.0 Å². The van der Waals surface area contributed by atoms with E-state index in [0.29, 0.717) is 18.8 Å². The first kappa shape index (κ1) is 16.9. The number of hydrogen-bond acceptors (Lipinski definition) is 4. The largest absolute Gasteiger partial charge is 0.370 e. The van der Waals surface area contributed by atoms with Crippen LogP contribution in [-0.2, 0) is 11.3 Å². The van der Waals surface area contributed by atoms with Gasteiger partial charge in [0, 0.05) is 30.9 Å². The van der Waals surface area contributed by atoms with Crippen LogP contribution in [0.1, 0.15) is 31.2 Å². The highest BCUT2D eigenvalue weighted by molar-refractivity contribution is 5.38. The first-order valence-electron chi connectivity index (χ1n) is 9.03. The number of benzene rings is 1. The molecule has 5 heteroatoms. The molecule has 0 amide bonds. The van der Waals surface area contributed by atoms with Crippen molar-refractivity contribution in [3.8, 4) is 0 Å². The van der Waals surface area contributed by atoms with E-state index in [2.05, 4.69) is 35.9 Å². The number of aromatic nitrogens is 2. The molecular formula is C21H23N3O2. The zero-order valence-corrected chi connectivity index (χ0v) is 15.1. The summed E-state index contributed by atoms with van der Waals surface area (Å²) in [4.78, 5) is 19.4. The van der Waals surface area contributed by atoms with Crippen LogP contribution in [0.15, 0.2) is 65.6 Å². The highest BCUT2D eigenvalue weighted by Gasteiger charge is 2.34. The second-order valence-corrected chi connectivity index (χ2v) is 6.94. The molecule has 0 aliphatic carbocycles. The maximum Gasteiger partial charge on any atom is 0.258 e. The third-order valence-corrected chi connectivity index (χ3v) is 5.14. The van der Waals surface area contributed by atoms with Crippen LogP contribution >= 0.6 is 0 Å². The van der Waals surface area contributed by atoms with Gasteiger partial charge in [-0.1, -0.05) is 36.4 Å². The number of nitrogens with zero attached hydrogens (tertiary/aromatic N) is 3. The molecular weight excluding hydrogens is 326 g/mol. The van der Waals surface area contributed by atoms with Crippen molar-refractivity contribution in [3.05, 3.63) is 82.4 Å². The average molecular weight is 349 g/mol. The van der Waals surface area contributed by atoms with Gasteiger partial charge in [-0.2, -0.15) is 0 Å². The van der Waals surface area contributed by atoms with E-state index >= 15 is 0 Å². The lowest BCUT2D eigenvalue weighted by Gasteiger charge is -2.43. The molecule has 3 aromatic rings. The van der Waals surface area contributed by atoms with Gasteiger partial charge in [0.2, 0.25) is 0 Å². The Morgan fingerprint density at radius 3 is 2.69 bits per heavy atom. The minimum absolute atomic E-state index is 0.0222. The van der Waals surface area contributed by atoms with Crippen molar-refractivity contribution in [3.63, 3.8) is 0 Å². The minimum Gasteiger partial charge on any atom is -0.370 e. The van der Waals surface area contributed by atoms with E-state index in [1.54, 1.807) is 16.7 Å². The van der Waals surface area contributed by atoms with Gasteiger partial charge in [0.1, 0.15) is 5.65 Å². The first-order chi connectivity index (χ1) is 12.6. The molecule has 1 fully saturated rings. The van der Waals surface area contributed by atoms with Crippen LogP contribution in [0.25, 0.3) is 5.65 Å². The summed E-state index contributed by atoms with van der Waals surface area (Å²) in [6.07, 6.45) is 1.77. The minimum atomic E-state index is -0.0428. The molecule has 1 aliphatic heterocycles. The van der Waals surface area contributed by atoms with Gasteiger partial charge in [-0.05, 0) is 31.5 Å². The van der Waals surface area contributed by atoms with Crippen molar-refractivity contribution in [2.45, 2.75) is 38.6 Å². The number of rotatable bonds is 3. The molecule has 0 spiro atoms. The Bertz CT molecular complexity index is 954. The quantitative estimate of drug-likeness (QED) is 0.729. The number of pyridine rings is 1. The highest BCUT2D eigenvalue weighted by atomic mass is 16.5. The Morgan fingerprint density at radius 1 is 1.12 bits per heavy atom. The smallest absolute Gasteiger partial charge is 0.258 e. The van der Waals surface area contributed by atoms with Crippen LogP contribution in [0.5, 0.6) is 0 Å². The molecule has 1 saturated heterocycles. The predicted octanol–water partition coefficient (Wildman–Crippen LogP) is 3.05. The van der Waals surface area contributed by atoms with Gasteiger partial charge in [-0.3, -0.25) is 14.1 Å². The zero-order chi connectivity index (χ0) is 18.1. The van der Waals surface area contributed by atoms with Gasteiger partial charge in [0.15, 0.2) is 0 Å². The van der Waals surface area contributed by atoms with Crippen LogP contribution < -0.4 is 5.56 Å². The summed E-state index contributed by atoms with van der Waals surface area (Å²) in [6, 6.07) is 18.0. The van der Waals surface area contributed by atoms with Crippen molar-refractivity contribution >= 4 is 5.65 Å². The van der Waals surface area contributed by atoms with E-state index < -0.39 is 0 Å². The van der Waals surface area contributed by atoms with E-state index in [-0.39, 0.29) is 23.7 Å². The number of hydrogen-bond donors (Lipinski definition) is 0. The topological polar surface area (TPSA) is 46.8 Å². The van der Waals surface area contributed by atoms with Gasteiger partial charge in [0.25, 0.3) is 5.56 Å². The number of fused-ring (bicyclic) bond motifs is 1. The molecule has 3 heterocycles. The maximum absolute atomic E-state index is 12.4. The number of morpholine rings is 1. The summed E-state index contributed by atoms with van der Waals surface area (Å²) in [6.45, 7) is 5.64. The summed E-state index contributed by atoms with van der Waals surface area (Å²) in [5.41, 5.74) is 2.62. The molecule has 0 unspecified atom stereocenters. The molecule has 134 valence electrons. The van der Waals surface area contributed by atoms with E-state index in [1.807, 2.05) is 36.4 Å². The lowest BCUT2D eigenvalue weighted by atomic mass is 9.98. The monoisotopic (exact) mass is 349 g/mol. The van der Waals surface area contributed by atoms with Crippen molar-refractivity contribution < 1.29 is 4.74 Å². The first-order valence-corrected chi connectivity index (χ1v) is 9.03. The molecule has 2 aromatic heterocycles. The van der Waals surface area contributed by atoms with Crippen LogP contribution in [0, 0.1) is 0 Å². The molecule has 1 aromatic carbocycles. The molecule has 4 rings (SSSR count). The van der Waals surface area contributed by atoms with E-state index in [1.165, 1.54) is 5.56 Å². The summed E-state index contributed by atoms with van der Waals surface area (Å²) < 4.78 is 7.69. The van der Waals surface area contributed by atoms with Gasteiger partial charge in [-0.25, -0.2) is 4.98 Å².